The van der Waals surface area contributed by atoms with Crippen LogP contribution in [0, 0.1) is 24.5 Å². The zero-order valence-corrected chi connectivity index (χ0v) is 42.5. The first-order valence-corrected chi connectivity index (χ1v) is 24.9. The first-order chi connectivity index (χ1) is 37.2. The van der Waals surface area contributed by atoms with E-state index >= 15 is 0 Å². The molecule has 0 saturated carbocycles. The number of amides is 5. The highest BCUT2D eigenvalue weighted by molar-refractivity contribution is 6.31. The van der Waals surface area contributed by atoms with Gasteiger partial charge in [-0.1, -0.05) is 28.4 Å². The Morgan fingerprint density at radius 1 is 0.974 bits per heavy atom. The van der Waals surface area contributed by atoms with Crippen LogP contribution in [0.5, 0.6) is 5.75 Å². The first kappa shape index (κ1) is 54.0. The van der Waals surface area contributed by atoms with E-state index in [2.05, 4.69) is 25.7 Å². The van der Waals surface area contributed by atoms with Gasteiger partial charge in [0.05, 0.1) is 30.7 Å². The van der Waals surface area contributed by atoms with E-state index in [1.54, 1.807) is 42.5 Å². The summed E-state index contributed by atoms with van der Waals surface area (Å²) < 4.78 is 92.9. The van der Waals surface area contributed by atoms with Crippen LogP contribution in [0.15, 0.2) is 79.0 Å². The first-order valence-electron chi connectivity index (χ1n) is 24.2. The number of nitrogens with zero attached hydrogens (tertiary/aromatic N) is 9. The predicted molar refractivity (Wildman–Crippen MR) is 263 cm³/mol. The summed E-state index contributed by atoms with van der Waals surface area (Å²) in [5, 5.41) is 36.6. The van der Waals surface area contributed by atoms with E-state index in [1.165, 1.54) is 30.0 Å². The number of carbonyl (C=O) groups is 5. The van der Waals surface area contributed by atoms with Gasteiger partial charge in [0.15, 0.2) is 5.82 Å². The molecule has 0 bridgehead atoms. The van der Waals surface area contributed by atoms with E-state index in [1.807, 2.05) is 0 Å². The number of aliphatic hydroxyl groups excluding tert-OH is 2. The van der Waals surface area contributed by atoms with Gasteiger partial charge in [0.25, 0.3) is 17.7 Å². The summed E-state index contributed by atoms with van der Waals surface area (Å²) in [6, 6.07) is 13.6. The minimum Gasteiger partial charge on any atom is -0.493 e. The molecule has 1 unspecified atom stereocenters. The summed E-state index contributed by atoms with van der Waals surface area (Å²) in [6.07, 6.45) is -9.71. The van der Waals surface area contributed by atoms with E-state index in [0.29, 0.717) is 28.1 Å². The number of alkyl halides is 3. The van der Waals surface area contributed by atoms with Crippen LogP contribution in [-0.2, 0) is 36.6 Å². The Hall–Kier alpha value is -7.42. The largest absolute Gasteiger partial charge is 0.493 e. The third-order valence-corrected chi connectivity index (χ3v) is 14.5. The number of aliphatic hydroxyl groups is 2. The molecule has 2 aromatic heterocycles. The Labute approximate surface area is 449 Å². The second kappa shape index (κ2) is 21.4. The molecule has 27 heteroatoms. The topological polar surface area (TPSA) is 237 Å². The van der Waals surface area contributed by atoms with Crippen LogP contribution in [-0.4, -0.2) is 149 Å². The maximum atomic E-state index is 14.6. The number of imide groups is 1. The number of hydrogen-bond acceptors (Lipinski definition) is 14. The molecular weight excluding hydrogens is 1080 g/mol. The lowest BCUT2D eigenvalue weighted by Gasteiger charge is -2.44. The lowest BCUT2D eigenvalue weighted by Crippen LogP contribution is -2.56. The molecule has 10 rings (SSSR count). The van der Waals surface area contributed by atoms with Crippen molar-refractivity contribution < 1.29 is 70.3 Å². The van der Waals surface area contributed by atoms with Gasteiger partial charge in [0.2, 0.25) is 11.8 Å². The number of anilines is 1. The quantitative estimate of drug-likeness (QED) is 0.0670. The Kier molecular flexibility index (Phi) is 14.8. The van der Waals surface area contributed by atoms with Crippen molar-refractivity contribution in [3.8, 4) is 22.7 Å². The van der Waals surface area contributed by atoms with Gasteiger partial charge in [-0.15, -0.1) is 5.10 Å². The van der Waals surface area contributed by atoms with E-state index in [-0.39, 0.29) is 84.7 Å². The lowest BCUT2D eigenvalue weighted by molar-refractivity contribution is -0.225. The van der Waals surface area contributed by atoms with Crippen molar-refractivity contribution >= 4 is 58.4 Å². The van der Waals surface area contributed by atoms with Crippen LogP contribution in [0.2, 0.25) is 10.0 Å². The van der Waals surface area contributed by atoms with Gasteiger partial charge in [-0.05, 0) is 91.7 Å². The lowest BCUT2D eigenvalue weighted by atomic mass is 9.91. The van der Waals surface area contributed by atoms with Gasteiger partial charge in [-0.3, -0.25) is 28.9 Å². The zero-order valence-electron chi connectivity index (χ0n) is 41.0. The highest BCUT2D eigenvalue weighted by Crippen LogP contribution is 2.43. The van der Waals surface area contributed by atoms with Gasteiger partial charge in [-0.25, -0.2) is 23.1 Å². The van der Waals surface area contributed by atoms with Crippen LogP contribution < -0.4 is 10.1 Å². The summed E-state index contributed by atoms with van der Waals surface area (Å²) in [5.74, 6) is -4.33. The fourth-order valence-electron chi connectivity index (χ4n) is 9.88. The Balaban J connectivity index is 0.804. The van der Waals surface area contributed by atoms with Crippen molar-refractivity contribution in [2.45, 2.75) is 69.0 Å². The molecule has 4 aromatic carbocycles. The normalized spacial score (nSPS) is 21.7. The third-order valence-electron chi connectivity index (χ3n) is 14.0. The molecule has 3 saturated heterocycles. The van der Waals surface area contributed by atoms with Crippen molar-refractivity contribution in [2.24, 2.45) is 5.92 Å². The van der Waals surface area contributed by atoms with Crippen molar-refractivity contribution in [1.82, 2.24) is 44.5 Å². The van der Waals surface area contributed by atoms with Crippen molar-refractivity contribution in [3.05, 3.63) is 135 Å². The standard InChI is InChI=1S/C51H45Cl2F5N10O10/c1-24-59-47(68(62-24)38-16-29(52)5-10-33(38)51(56,57)58)46-45(43(44(72)39(21-69)78-46)67-20-36(61-63-67)27-14-34(54)42(53)35(55)15-27)77-23-41(71)65-17-25(18-65)22-76-31-7-3-26(4-8-31)48(73)60-30-6-9-32-28(13-30)19-66(49(32)74)37-11-12-40(70)64(2)50(37)75/h3-10,13-16,20,25,37,39,43-46,69,72H,11-12,17-19,21-23H2,1-2H3,(H,60,73)/t37?,39-,43+,44+,45-,46-/m1/s1. The number of halogens is 7. The van der Waals surface area contributed by atoms with Crippen LogP contribution >= 0.6 is 23.2 Å². The number of carbonyl (C=O) groups excluding carboxylic acids is 5. The predicted octanol–water partition coefficient (Wildman–Crippen LogP) is 5.75. The van der Waals surface area contributed by atoms with E-state index < -0.39 is 102 Å². The highest BCUT2D eigenvalue weighted by atomic mass is 35.5. The highest BCUT2D eigenvalue weighted by Gasteiger charge is 2.51. The average Bonchev–Trinajstić information content (AvgIpc) is 4.28. The van der Waals surface area contributed by atoms with Crippen LogP contribution in [0.1, 0.15) is 68.5 Å². The van der Waals surface area contributed by atoms with Crippen molar-refractivity contribution in [3.63, 3.8) is 0 Å². The Morgan fingerprint density at radius 2 is 1.71 bits per heavy atom. The minimum atomic E-state index is -4.91. The number of hydrogen-bond donors (Lipinski definition) is 3. The van der Waals surface area contributed by atoms with Crippen molar-refractivity contribution in [1.29, 1.82) is 0 Å². The second-order valence-electron chi connectivity index (χ2n) is 19.1. The second-order valence-corrected chi connectivity index (χ2v) is 19.9. The van der Waals surface area contributed by atoms with Gasteiger partial charge in [0.1, 0.15) is 77.0 Å². The maximum Gasteiger partial charge on any atom is 0.418 e. The number of aryl methyl sites for hydroxylation is 1. The number of piperidine rings is 1. The summed E-state index contributed by atoms with van der Waals surface area (Å²) in [4.78, 5) is 73.4. The van der Waals surface area contributed by atoms with Gasteiger partial charge >= 0.3 is 6.18 Å². The van der Waals surface area contributed by atoms with Crippen LogP contribution in [0.4, 0.5) is 27.6 Å². The molecule has 6 aromatic rings. The summed E-state index contributed by atoms with van der Waals surface area (Å²) >= 11 is 11.9. The number of nitrogens with one attached hydrogen (secondary N) is 1. The van der Waals surface area contributed by atoms with Gasteiger partial charge < -0.3 is 39.5 Å². The molecule has 0 spiro atoms. The molecule has 3 fully saturated rings. The number of ether oxygens (including phenoxy) is 3. The monoisotopic (exact) mass is 1120 g/mol. The fourth-order valence-corrected chi connectivity index (χ4v) is 10.2. The molecule has 3 N–H and O–H groups in total. The molecule has 0 aliphatic carbocycles. The summed E-state index contributed by atoms with van der Waals surface area (Å²) in [5.41, 5.74) is -0.158. The van der Waals surface area contributed by atoms with Crippen LogP contribution in [0.3, 0.4) is 0 Å². The molecule has 408 valence electrons. The SMILES string of the molecule is Cc1nc([C@@H]2O[C@H](CO)[C@H](O)[C@H](n3cc(-c4cc(F)c(Cl)c(F)c4)nn3)[C@H]2OCC(=O)N2CC(COc3ccc(C(=O)Nc4ccc5c(c4)CN(C4CCC(=O)N(C)C4=O)C5=O)cc3)C2)n(-c2cc(Cl)ccc2C(F)(F)F)n1. The van der Waals surface area contributed by atoms with Gasteiger partial charge in [-0.2, -0.15) is 18.3 Å². The number of likely N-dealkylation sites (N-methyl/N-ethyl adjacent to an activating group) is 1. The average molecular weight is 1120 g/mol. The van der Waals surface area contributed by atoms with E-state index in [0.717, 1.165) is 44.6 Å². The smallest absolute Gasteiger partial charge is 0.418 e. The number of benzene rings is 4. The van der Waals surface area contributed by atoms with Crippen LogP contribution in [0.25, 0.3) is 16.9 Å². The molecular formula is C51H45Cl2F5N10O10. The van der Waals surface area contributed by atoms with Gasteiger partial charge in [0, 0.05) is 66.4 Å². The fraction of sp³-hybridized carbons (Fsp3) is 0.353. The Bertz CT molecular complexity index is 3340. The van der Waals surface area contributed by atoms with Crippen molar-refractivity contribution in [2.75, 3.05) is 45.3 Å². The maximum absolute atomic E-state index is 14.6. The Morgan fingerprint density at radius 3 is 2.41 bits per heavy atom. The molecule has 4 aliphatic rings. The molecule has 6 heterocycles. The molecule has 0 radical (unpaired) electrons. The molecule has 20 nitrogen and oxygen atoms in total. The molecule has 5 amide bonds. The van der Waals surface area contributed by atoms with E-state index in [4.69, 9.17) is 37.4 Å². The molecule has 6 atom stereocenters. The number of likely N-dealkylation sites (tertiary alicyclic amines) is 2. The summed E-state index contributed by atoms with van der Waals surface area (Å²) in [6.45, 7) is 0.608. The zero-order chi connectivity index (χ0) is 55.5. The molecule has 4 aliphatic heterocycles. The number of fused-ring (bicyclic) bond motifs is 1. The van der Waals surface area contributed by atoms with E-state index in [9.17, 15) is 56.1 Å². The summed E-state index contributed by atoms with van der Waals surface area (Å²) in [7, 11) is 1.40. The number of aromatic nitrogens is 6. The third kappa shape index (κ3) is 10.5. The molecule has 78 heavy (non-hydrogen) atoms. The minimum absolute atomic E-state index is 0.0322. The number of rotatable bonds is 14.